The Hall–Kier alpha value is -8.02. The number of hydrogen-bond donors (Lipinski definition) is 1. The molecule has 0 atom stereocenters. The zero-order chi connectivity index (χ0) is 39.5. The van der Waals surface area contributed by atoms with E-state index in [4.69, 9.17) is 4.98 Å². The van der Waals surface area contributed by atoms with Gasteiger partial charge in [-0.15, -0.1) is 0 Å². The third kappa shape index (κ3) is 6.81. The summed E-state index contributed by atoms with van der Waals surface area (Å²) < 4.78 is 2.30. The highest BCUT2D eigenvalue weighted by Gasteiger charge is 2.21. The molecule has 0 spiro atoms. The summed E-state index contributed by atoms with van der Waals surface area (Å²) in [4.78, 5) is 9.33. The summed E-state index contributed by atoms with van der Waals surface area (Å²) in [6, 6.07) is 76.5. The fourth-order valence-corrected chi connectivity index (χ4v) is 8.11. The van der Waals surface area contributed by atoms with Crippen molar-refractivity contribution in [2.45, 2.75) is 0 Å². The second kappa shape index (κ2) is 15.5. The molecule has 0 aliphatic heterocycles. The van der Waals surface area contributed by atoms with Crippen molar-refractivity contribution in [1.82, 2.24) is 9.55 Å². The summed E-state index contributed by atoms with van der Waals surface area (Å²) in [5.41, 5.74) is 13.8. The Morgan fingerprint density at radius 1 is 0.441 bits per heavy atom. The maximum Gasteiger partial charge on any atom is 0.174 e. The molecule has 10 aromatic rings. The molecule has 0 amide bonds. The molecule has 0 bridgehead atoms. The predicted octanol–water partition coefficient (Wildman–Crippen LogP) is 14.7. The SMILES string of the molecule is [CH2+]N(c1cccc(N(c2ccccc2)c2ccc3c4ccccc4n(-c4cc(-c5ccccc5-c5ccccc5)ccn4)c3c2)c1)c1ccccc1Nc1ccccc1. The lowest BCUT2D eigenvalue weighted by molar-refractivity contribution is 1.08. The van der Waals surface area contributed by atoms with Crippen LogP contribution in [0, 0.1) is 7.05 Å². The average Bonchev–Trinajstić information content (AvgIpc) is 3.64. The molecular formula is C54H40N5+. The maximum atomic E-state index is 5.03. The van der Waals surface area contributed by atoms with Gasteiger partial charge in [0.05, 0.1) is 22.4 Å². The summed E-state index contributed by atoms with van der Waals surface area (Å²) in [5.74, 6) is 0.859. The van der Waals surface area contributed by atoms with E-state index >= 15 is 0 Å². The Labute approximate surface area is 344 Å². The van der Waals surface area contributed by atoms with Crippen LogP contribution in [0.1, 0.15) is 0 Å². The molecule has 280 valence electrons. The fourth-order valence-electron chi connectivity index (χ4n) is 8.11. The highest BCUT2D eigenvalue weighted by molar-refractivity contribution is 6.10. The van der Waals surface area contributed by atoms with E-state index in [9.17, 15) is 0 Å². The first-order chi connectivity index (χ1) is 29.2. The topological polar surface area (TPSA) is 36.3 Å². The molecule has 59 heavy (non-hydrogen) atoms. The zero-order valence-corrected chi connectivity index (χ0v) is 32.4. The van der Waals surface area contributed by atoms with Gasteiger partial charge >= 0.3 is 0 Å². The molecule has 0 aliphatic rings. The Balaban J connectivity index is 1.09. The van der Waals surface area contributed by atoms with Gasteiger partial charge in [-0.1, -0.05) is 133 Å². The van der Waals surface area contributed by atoms with Crippen molar-refractivity contribution in [2.24, 2.45) is 0 Å². The van der Waals surface area contributed by atoms with E-state index in [-0.39, 0.29) is 0 Å². The van der Waals surface area contributed by atoms with Crippen molar-refractivity contribution >= 4 is 61.6 Å². The van der Waals surface area contributed by atoms with Crippen LogP contribution in [-0.2, 0) is 0 Å². The van der Waals surface area contributed by atoms with Gasteiger partial charge in [-0.3, -0.25) is 4.57 Å². The van der Waals surface area contributed by atoms with Crippen LogP contribution in [0.2, 0.25) is 0 Å². The van der Waals surface area contributed by atoms with Crippen molar-refractivity contribution in [3.05, 3.63) is 232 Å². The Morgan fingerprint density at radius 3 is 1.86 bits per heavy atom. The summed E-state index contributed by atoms with van der Waals surface area (Å²) in [6.07, 6.45) is 1.93. The average molecular weight is 759 g/mol. The van der Waals surface area contributed by atoms with Crippen molar-refractivity contribution in [1.29, 1.82) is 0 Å². The molecule has 1 N–H and O–H groups in total. The second-order valence-electron chi connectivity index (χ2n) is 14.5. The predicted molar refractivity (Wildman–Crippen MR) is 248 cm³/mol. The van der Waals surface area contributed by atoms with Crippen LogP contribution < -0.4 is 15.1 Å². The Morgan fingerprint density at radius 2 is 1.05 bits per heavy atom. The highest BCUT2D eigenvalue weighted by atomic mass is 15.2. The summed E-state index contributed by atoms with van der Waals surface area (Å²) >= 11 is 0. The van der Waals surface area contributed by atoms with Crippen molar-refractivity contribution in [3.8, 4) is 28.1 Å². The van der Waals surface area contributed by atoms with Crippen molar-refractivity contribution in [3.63, 3.8) is 0 Å². The van der Waals surface area contributed by atoms with E-state index < -0.39 is 0 Å². The molecule has 8 aromatic carbocycles. The van der Waals surface area contributed by atoms with Gasteiger partial charge in [-0.25, -0.2) is 4.98 Å². The van der Waals surface area contributed by atoms with Gasteiger partial charge in [0.25, 0.3) is 0 Å². The number of para-hydroxylation sites is 5. The van der Waals surface area contributed by atoms with Crippen LogP contribution in [0.5, 0.6) is 0 Å². The molecule has 0 saturated heterocycles. The van der Waals surface area contributed by atoms with Crippen LogP contribution in [0.3, 0.4) is 0 Å². The summed E-state index contributed by atoms with van der Waals surface area (Å²) in [7, 11) is 4.55. The molecule has 0 saturated carbocycles. The minimum atomic E-state index is 0.859. The smallest absolute Gasteiger partial charge is 0.174 e. The van der Waals surface area contributed by atoms with Crippen LogP contribution in [0.25, 0.3) is 49.9 Å². The number of hydrogen-bond acceptors (Lipinski definition) is 4. The lowest BCUT2D eigenvalue weighted by Gasteiger charge is -2.27. The molecule has 2 aromatic heterocycles. The molecule has 0 radical (unpaired) electrons. The number of rotatable bonds is 10. The number of pyridine rings is 1. The first-order valence-electron chi connectivity index (χ1n) is 19.8. The van der Waals surface area contributed by atoms with Crippen LogP contribution in [0.15, 0.2) is 225 Å². The molecule has 5 heteroatoms. The summed E-state index contributed by atoms with van der Waals surface area (Å²) in [5, 5.41) is 5.92. The highest BCUT2D eigenvalue weighted by Crippen LogP contribution is 2.42. The van der Waals surface area contributed by atoms with Crippen LogP contribution >= 0.6 is 0 Å². The van der Waals surface area contributed by atoms with E-state index in [0.29, 0.717) is 0 Å². The molecule has 0 aliphatic carbocycles. The van der Waals surface area contributed by atoms with Gasteiger partial charge in [-0.2, -0.15) is 4.90 Å². The molecule has 0 unspecified atom stereocenters. The zero-order valence-electron chi connectivity index (χ0n) is 32.4. The largest absolute Gasteiger partial charge is 0.354 e. The van der Waals surface area contributed by atoms with Gasteiger partial charge in [-0.05, 0) is 107 Å². The van der Waals surface area contributed by atoms with Gasteiger partial charge < -0.3 is 10.2 Å². The lowest BCUT2D eigenvalue weighted by atomic mass is 9.95. The van der Waals surface area contributed by atoms with Gasteiger partial charge in [0.1, 0.15) is 11.5 Å². The van der Waals surface area contributed by atoms with E-state index in [2.05, 4.69) is 210 Å². The molecule has 10 rings (SSSR count). The Kier molecular flexibility index (Phi) is 9.29. The molecule has 0 fully saturated rings. The molecule has 2 heterocycles. The number of nitrogens with zero attached hydrogens (tertiary/aromatic N) is 4. The van der Waals surface area contributed by atoms with Crippen LogP contribution in [0.4, 0.5) is 39.8 Å². The number of benzene rings is 8. The minimum absolute atomic E-state index is 0.859. The fraction of sp³-hybridized carbons (Fsp3) is 0. The monoisotopic (exact) mass is 758 g/mol. The van der Waals surface area contributed by atoms with E-state index in [1.165, 1.54) is 16.5 Å². The number of fused-ring (bicyclic) bond motifs is 3. The third-order valence-corrected chi connectivity index (χ3v) is 10.9. The number of aromatic nitrogens is 2. The molecular weight excluding hydrogens is 719 g/mol. The minimum Gasteiger partial charge on any atom is -0.354 e. The normalized spacial score (nSPS) is 11.1. The number of anilines is 7. The van der Waals surface area contributed by atoms with Crippen LogP contribution in [-0.4, -0.2) is 9.55 Å². The standard InChI is InChI=1S/C54H40N5/c1-57(52-31-16-14-29-50(52)56-41-20-7-3-8-21-41)43-24-17-25-44(37-43)58(42-22-9-4-10-23-42)45-32-33-49-48-28-13-15-30-51(48)59(53(49)38-45)54-36-40(34-35-55-54)47-27-12-11-26-46(47)39-18-5-2-6-19-39/h2-38,56H,1H2/q+1. The maximum absolute atomic E-state index is 5.03. The van der Waals surface area contributed by atoms with Gasteiger partial charge in [0, 0.05) is 39.7 Å². The molecule has 5 nitrogen and oxygen atoms in total. The first-order valence-corrected chi connectivity index (χ1v) is 19.8. The van der Waals surface area contributed by atoms with E-state index in [1.54, 1.807) is 0 Å². The van der Waals surface area contributed by atoms with Crippen molar-refractivity contribution < 1.29 is 0 Å². The van der Waals surface area contributed by atoms with Gasteiger partial charge in [0.2, 0.25) is 0 Å². The van der Waals surface area contributed by atoms with E-state index in [1.807, 2.05) is 41.4 Å². The number of nitrogens with one attached hydrogen (secondary N) is 1. The Bertz CT molecular complexity index is 3050. The summed E-state index contributed by atoms with van der Waals surface area (Å²) in [6.45, 7) is 0. The second-order valence-corrected chi connectivity index (χ2v) is 14.5. The third-order valence-electron chi connectivity index (χ3n) is 10.9. The first kappa shape index (κ1) is 35.4. The quantitative estimate of drug-likeness (QED) is 0.141. The van der Waals surface area contributed by atoms with Crippen molar-refractivity contribution in [2.75, 3.05) is 15.1 Å². The van der Waals surface area contributed by atoms with Gasteiger partial charge in [0.15, 0.2) is 7.05 Å². The van der Waals surface area contributed by atoms with E-state index in [0.717, 1.165) is 73.2 Å². The lowest BCUT2D eigenvalue weighted by Crippen LogP contribution is -2.12.